The van der Waals surface area contributed by atoms with Gasteiger partial charge >= 0.3 is 0 Å². The SMILES string of the molecule is COc1ccccc1C1CN(C(=O)c2occc2C)CCN1. The largest absolute Gasteiger partial charge is 0.496 e. The van der Waals surface area contributed by atoms with Gasteiger partial charge in [-0.25, -0.2) is 0 Å². The number of nitrogens with one attached hydrogen (secondary N) is 1. The lowest BCUT2D eigenvalue weighted by molar-refractivity contribution is 0.0668. The molecule has 1 aromatic carbocycles. The van der Waals surface area contributed by atoms with E-state index < -0.39 is 0 Å². The summed E-state index contributed by atoms with van der Waals surface area (Å²) in [5.74, 6) is 1.22. The van der Waals surface area contributed by atoms with Crippen LogP contribution in [0.1, 0.15) is 27.7 Å². The molecule has 1 amide bonds. The number of piperazine rings is 1. The zero-order valence-electron chi connectivity index (χ0n) is 12.8. The van der Waals surface area contributed by atoms with E-state index in [1.54, 1.807) is 13.4 Å². The van der Waals surface area contributed by atoms with Crippen LogP contribution in [-0.4, -0.2) is 37.6 Å². The number of hydrogen-bond acceptors (Lipinski definition) is 4. The Morgan fingerprint density at radius 1 is 1.36 bits per heavy atom. The van der Waals surface area contributed by atoms with E-state index in [2.05, 4.69) is 5.32 Å². The number of carbonyl (C=O) groups excluding carboxylic acids is 1. The molecule has 0 spiro atoms. The third-order valence-electron chi connectivity index (χ3n) is 4.03. The van der Waals surface area contributed by atoms with Crippen molar-refractivity contribution in [3.63, 3.8) is 0 Å². The van der Waals surface area contributed by atoms with Crippen LogP contribution >= 0.6 is 0 Å². The normalized spacial score (nSPS) is 18.3. The lowest BCUT2D eigenvalue weighted by Crippen LogP contribution is -2.48. The summed E-state index contributed by atoms with van der Waals surface area (Å²) in [6.07, 6.45) is 1.56. The van der Waals surface area contributed by atoms with Gasteiger partial charge in [-0.1, -0.05) is 18.2 Å². The number of para-hydroxylation sites is 1. The van der Waals surface area contributed by atoms with Crippen LogP contribution in [0.2, 0.25) is 0 Å². The highest BCUT2D eigenvalue weighted by molar-refractivity contribution is 5.93. The summed E-state index contributed by atoms with van der Waals surface area (Å²) >= 11 is 0. The average molecular weight is 300 g/mol. The number of nitrogens with zero attached hydrogens (tertiary/aromatic N) is 1. The molecule has 1 saturated heterocycles. The second-order valence-electron chi connectivity index (χ2n) is 5.43. The molecule has 5 heteroatoms. The monoisotopic (exact) mass is 300 g/mol. The van der Waals surface area contributed by atoms with Gasteiger partial charge in [-0.15, -0.1) is 0 Å². The van der Waals surface area contributed by atoms with Crippen molar-refractivity contribution in [2.45, 2.75) is 13.0 Å². The van der Waals surface area contributed by atoms with E-state index in [4.69, 9.17) is 9.15 Å². The number of benzene rings is 1. The summed E-state index contributed by atoms with van der Waals surface area (Å²) in [5, 5.41) is 3.45. The molecule has 1 atom stereocenters. The Hall–Kier alpha value is -2.27. The van der Waals surface area contributed by atoms with Crippen LogP contribution < -0.4 is 10.1 Å². The van der Waals surface area contributed by atoms with Gasteiger partial charge in [-0.2, -0.15) is 0 Å². The van der Waals surface area contributed by atoms with Crippen LogP contribution in [0.5, 0.6) is 5.75 Å². The number of rotatable bonds is 3. The molecular formula is C17H20N2O3. The fourth-order valence-electron chi connectivity index (χ4n) is 2.83. The van der Waals surface area contributed by atoms with Gasteiger partial charge in [0, 0.05) is 30.8 Å². The summed E-state index contributed by atoms with van der Waals surface area (Å²) in [6.45, 7) is 3.90. The molecule has 0 aliphatic carbocycles. The zero-order valence-corrected chi connectivity index (χ0v) is 12.8. The Labute approximate surface area is 129 Å². The minimum absolute atomic E-state index is 0.0519. The molecule has 1 N–H and O–H groups in total. The lowest BCUT2D eigenvalue weighted by atomic mass is 10.0. The molecule has 1 fully saturated rings. The highest BCUT2D eigenvalue weighted by Crippen LogP contribution is 2.27. The van der Waals surface area contributed by atoms with Crippen molar-refractivity contribution in [3.8, 4) is 5.75 Å². The quantitative estimate of drug-likeness (QED) is 0.945. The van der Waals surface area contributed by atoms with Crippen LogP contribution in [0.25, 0.3) is 0 Å². The second kappa shape index (κ2) is 6.23. The summed E-state index contributed by atoms with van der Waals surface area (Å²) in [6, 6.07) is 9.77. The summed E-state index contributed by atoms with van der Waals surface area (Å²) in [4.78, 5) is 14.4. The number of carbonyl (C=O) groups is 1. The van der Waals surface area contributed by atoms with Gasteiger partial charge in [0.1, 0.15) is 5.75 Å². The first-order valence-corrected chi connectivity index (χ1v) is 7.40. The molecule has 2 aromatic rings. The molecule has 116 valence electrons. The molecule has 5 nitrogen and oxygen atoms in total. The topological polar surface area (TPSA) is 54.7 Å². The number of furan rings is 1. The second-order valence-corrected chi connectivity index (χ2v) is 5.43. The van der Waals surface area contributed by atoms with Crippen molar-refractivity contribution in [2.75, 3.05) is 26.7 Å². The first-order valence-electron chi connectivity index (χ1n) is 7.40. The molecule has 1 unspecified atom stereocenters. The smallest absolute Gasteiger partial charge is 0.289 e. The van der Waals surface area contributed by atoms with E-state index in [1.807, 2.05) is 42.2 Å². The van der Waals surface area contributed by atoms with Crippen LogP contribution in [0.3, 0.4) is 0 Å². The third kappa shape index (κ3) is 2.72. The van der Waals surface area contributed by atoms with E-state index in [0.717, 1.165) is 23.4 Å². The Balaban J connectivity index is 1.80. The molecule has 2 heterocycles. The molecule has 22 heavy (non-hydrogen) atoms. The maximum Gasteiger partial charge on any atom is 0.289 e. The highest BCUT2D eigenvalue weighted by Gasteiger charge is 2.28. The molecule has 1 aliphatic rings. The van der Waals surface area contributed by atoms with Gasteiger partial charge in [0.05, 0.1) is 19.4 Å². The fourth-order valence-corrected chi connectivity index (χ4v) is 2.83. The van der Waals surface area contributed by atoms with E-state index >= 15 is 0 Å². The van der Waals surface area contributed by atoms with Crippen molar-refractivity contribution >= 4 is 5.91 Å². The van der Waals surface area contributed by atoms with E-state index in [1.165, 1.54) is 0 Å². The van der Waals surface area contributed by atoms with Crippen LogP contribution in [0.4, 0.5) is 0 Å². The minimum Gasteiger partial charge on any atom is -0.496 e. The molecular weight excluding hydrogens is 280 g/mol. The Morgan fingerprint density at radius 3 is 2.91 bits per heavy atom. The molecule has 1 aliphatic heterocycles. The first kappa shape index (κ1) is 14.7. The van der Waals surface area contributed by atoms with Crippen LogP contribution in [-0.2, 0) is 0 Å². The molecule has 0 saturated carbocycles. The van der Waals surface area contributed by atoms with Gasteiger partial charge in [0.25, 0.3) is 5.91 Å². The van der Waals surface area contributed by atoms with Gasteiger partial charge in [-0.3, -0.25) is 4.79 Å². The zero-order chi connectivity index (χ0) is 15.5. The lowest BCUT2D eigenvalue weighted by Gasteiger charge is -2.34. The number of ether oxygens (including phenoxy) is 1. The summed E-state index contributed by atoms with van der Waals surface area (Å²) < 4.78 is 10.8. The van der Waals surface area contributed by atoms with Crippen molar-refractivity contribution < 1.29 is 13.9 Å². The van der Waals surface area contributed by atoms with Gasteiger partial charge in [-0.05, 0) is 19.1 Å². The maximum atomic E-state index is 12.6. The standard InChI is InChI=1S/C17H20N2O3/c1-12-7-10-22-16(12)17(20)19-9-8-18-14(11-19)13-5-3-4-6-15(13)21-2/h3-7,10,14,18H,8-9,11H2,1-2H3. The average Bonchev–Trinajstić information content (AvgIpc) is 3.00. The Kier molecular flexibility index (Phi) is 4.15. The van der Waals surface area contributed by atoms with Gasteiger partial charge < -0.3 is 19.4 Å². The highest BCUT2D eigenvalue weighted by atomic mass is 16.5. The molecule has 1 aromatic heterocycles. The predicted octanol–water partition coefficient (Wildman–Crippen LogP) is 2.38. The van der Waals surface area contributed by atoms with Crippen molar-refractivity contribution in [1.29, 1.82) is 0 Å². The summed E-state index contributed by atoms with van der Waals surface area (Å²) in [5.41, 5.74) is 1.94. The minimum atomic E-state index is -0.0519. The van der Waals surface area contributed by atoms with E-state index in [0.29, 0.717) is 18.8 Å². The number of amides is 1. The van der Waals surface area contributed by atoms with Crippen molar-refractivity contribution in [2.24, 2.45) is 0 Å². The van der Waals surface area contributed by atoms with E-state index in [-0.39, 0.29) is 11.9 Å². The summed E-state index contributed by atoms with van der Waals surface area (Å²) in [7, 11) is 1.66. The van der Waals surface area contributed by atoms with Crippen LogP contribution in [0.15, 0.2) is 41.0 Å². The number of aryl methyl sites for hydroxylation is 1. The third-order valence-corrected chi connectivity index (χ3v) is 4.03. The van der Waals surface area contributed by atoms with Gasteiger partial charge in [0.15, 0.2) is 5.76 Å². The Bertz CT molecular complexity index is 665. The fraction of sp³-hybridized carbons (Fsp3) is 0.353. The van der Waals surface area contributed by atoms with Crippen molar-refractivity contribution in [3.05, 3.63) is 53.5 Å². The Morgan fingerprint density at radius 2 is 2.18 bits per heavy atom. The molecule has 0 radical (unpaired) electrons. The van der Waals surface area contributed by atoms with Crippen molar-refractivity contribution in [1.82, 2.24) is 10.2 Å². The van der Waals surface area contributed by atoms with Gasteiger partial charge in [0.2, 0.25) is 0 Å². The van der Waals surface area contributed by atoms with E-state index in [9.17, 15) is 4.79 Å². The van der Waals surface area contributed by atoms with Crippen LogP contribution in [0, 0.1) is 6.92 Å². The molecule has 0 bridgehead atoms. The predicted molar refractivity (Wildman–Crippen MR) is 83.1 cm³/mol. The first-order chi connectivity index (χ1) is 10.7. The maximum absolute atomic E-state index is 12.6. The number of hydrogen-bond donors (Lipinski definition) is 1. The molecule has 3 rings (SSSR count). The number of methoxy groups -OCH3 is 1.